The molecule has 170 valence electrons. The maximum absolute atomic E-state index is 12.1. The SMILES string of the molecule is N#CC(=Cc1ccc(-c2ccc3cc(N4CCOCC4)ccc3c2)o1)C(=O)NCC(O)CO. The molecule has 3 N–H and O–H groups in total. The molecule has 1 aromatic heterocycles. The second kappa shape index (κ2) is 10.3. The van der Waals surface area contributed by atoms with E-state index in [1.807, 2.05) is 24.3 Å². The van der Waals surface area contributed by atoms with Gasteiger partial charge in [-0.15, -0.1) is 0 Å². The van der Waals surface area contributed by atoms with Gasteiger partial charge < -0.3 is 29.6 Å². The van der Waals surface area contributed by atoms with Crippen molar-refractivity contribution in [3.63, 3.8) is 0 Å². The van der Waals surface area contributed by atoms with Crippen LogP contribution in [0.3, 0.4) is 0 Å². The Morgan fingerprint density at radius 1 is 1.15 bits per heavy atom. The van der Waals surface area contributed by atoms with E-state index in [0.717, 1.165) is 42.6 Å². The number of benzene rings is 2. The summed E-state index contributed by atoms with van der Waals surface area (Å²) in [6.07, 6.45) is 0.266. The molecule has 3 aromatic rings. The maximum Gasteiger partial charge on any atom is 0.262 e. The summed E-state index contributed by atoms with van der Waals surface area (Å²) in [5, 5.41) is 32.1. The number of morpholine rings is 1. The number of amides is 1. The fourth-order valence-electron chi connectivity index (χ4n) is 3.65. The van der Waals surface area contributed by atoms with Gasteiger partial charge in [-0.2, -0.15) is 5.26 Å². The Labute approximate surface area is 191 Å². The molecular weight excluding hydrogens is 422 g/mol. The van der Waals surface area contributed by atoms with E-state index < -0.39 is 18.6 Å². The lowest BCUT2D eigenvalue weighted by molar-refractivity contribution is -0.117. The Morgan fingerprint density at radius 3 is 2.67 bits per heavy atom. The fourth-order valence-corrected chi connectivity index (χ4v) is 3.65. The highest BCUT2D eigenvalue weighted by Crippen LogP contribution is 2.29. The lowest BCUT2D eigenvalue weighted by Crippen LogP contribution is -2.36. The Hall–Kier alpha value is -3.64. The molecule has 0 bridgehead atoms. The van der Waals surface area contributed by atoms with Crippen LogP contribution >= 0.6 is 0 Å². The number of hydrogen-bond donors (Lipinski definition) is 3. The first-order chi connectivity index (χ1) is 16.1. The molecule has 1 unspecified atom stereocenters. The van der Waals surface area contributed by atoms with Crippen LogP contribution in [-0.2, 0) is 9.53 Å². The largest absolute Gasteiger partial charge is 0.457 e. The molecule has 0 aliphatic carbocycles. The Balaban J connectivity index is 1.51. The fraction of sp³-hybridized carbons (Fsp3) is 0.280. The molecule has 1 aliphatic heterocycles. The maximum atomic E-state index is 12.1. The number of nitrogens with one attached hydrogen (secondary N) is 1. The highest BCUT2D eigenvalue weighted by atomic mass is 16.5. The molecule has 0 spiro atoms. The molecule has 1 amide bonds. The molecule has 0 saturated carbocycles. The molecule has 1 saturated heterocycles. The van der Waals surface area contributed by atoms with Crippen molar-refractivity contribution in [3.05, 3.63) is 59.9 Å². The van der Waals surface area contributed by atoms with Crippen LogP contribution in [0.1, 0.15) is 5.76 Å². The van der Waals surface area contributed by atoms with Crippen molar-refractivity contribution < 1.29 is 24.2 Å². The molecule has 33 heavy (non-hydrogen) atoms. The molecule has 8 nitrogen and oxygen atoms in total. The standard InChI is InChI=1S/C25H25N3O5/c26-14-20(25(31)27-15-22(30)16-29)13-23-5-6-24(33-23)19-2-1-18-12-21(4-3-17(18)11-19)28-7-9-32-10-8-28/h1-6,11-13,22,29-30H,7-10,15-16H2,(H,27,31). The van der Waals surface area contributed by atoms with Crippen LogP contribution in [0.25, 0.3) is 28.2 Å². The lowest BCUT2D eigenvalue weighted by Gasteiger charge is -2.29. The first-order valence-electron chi connectivity index (χ1n) is 10.7. The van der Waals surface area contributed by atoms with Gasteiger partial charge in [0.05, 0.1) is 25.9 Å². The molecule has 2 heterocycles. The number of aliphatic hydroxyl groups excluding tert-OH is 2. The van der Waals surface area contributed by atoms with Crippen molar-refractivity contribution in [2.75, 3.05) is 44.4 Å². The summed E-state index contributed by atoms with van der Waals surface area (Å²) in [6, 6.07) is 17.7. The summed E-state index contributed by atoms with van der Waals surface area (Å²) in [5.41, 5.74) is 1.91. The average molecular weight is 447 g/mol. The Kier molecular flexibility index (Phi) is 7.05. The normalized spacial score (nSPS) is 15.3. The third-order valence-electron chi connectivity index (χ3n) is 5.47. The zero-order chi connectivity index (χ0) is 23.2. The quantitative estimate of drug-likeness (QED) is 0.376. The smallest absolute Gasteiger partial charge is 0.262 e. The van der Waals surface area contributed by atoms with Crippen LogP contribution in [0, 0.1) is 11.3 Å². The lowest BCUT2D eigenvalue weighted by atomic mass is 10.0. The zero-order valence-electron chi connectivity index (χ0n) is 18.0. The average Bonchev–Trinajstić information content (AvgIpc) is 3.34. The van der Waals surface area contributed by atoms with Gasteiger partial charge in [-0.05, 0) is 41.1 Å². The van der Waals surface area contributed by atoms with E-state index in [1.54, 1.807) is 12.1 Å². The van der Waals surface area contributed by atoms with E-state index in [-0.39, 0.29) is 12.1 Å². The van der Waals surface area contributed by atoms with E-state index >= 15 is 0 Å². The molecule has 1 aliphatic rings. The number of nitrogens with zero attached hydrogens (tertiary/aromatic N) is 2. The second-order valence-electron chi connectivity index (χ2n) is 7.76. The highest BCUT2D eigenvalue weighted by molar-refractivity contribution is 6.01. The molecule has 0 radical (unpaired) electrons. The first-order valence-corrected chi connectivity index (χ1v) is 10.7. The van der Waals surface area contributed by atoms with Crippen molar-refractivity contribution in [1.29, 1.82) is 5.26 Å². The van der Waals surface area contributed by atoms with Gasteiger partial charge in [-0.3, -0.25) is 4.79 Å². The summed E-state index contributed by atoms with van der Waals surface area (Å²) in [5.74, 6) is 0.334. The number of anilines is 1. The topological polar surface area (TPSA) is 119 Å². The van der Waals surface area contributed by atoms with Crippen molar-refractivity contribution in [2.45, 2.75) is 6.10 Å². The van der Waals surface area contributed by atoms with Gasteiger partial charge in [0.2, 0.25) is 0 Å². The summed E-state index contributed by atoms with van der Waals surface area (Å²) >= 11 is 0. The minimum atomic E-state index is -1.08. The minimum Gasteiger partial charge on any atom is -0.457 e. The number of carbonyl (C=O) groups is 1. The predicted octanol–water partition coefficient (Wildman–Crippen LogP) is 2.31. The van der Waals surface area contributed by atoms with Crippen LogP contribution in [0.4, 0.5) is 5.69 Å². The monoisotopic (exact) mass is 447 g/mol. The van der Waals surface area contributed by atoms with Crippen LogP contribution in [0.15, 0.2) is 58.5 Å². The number of aliphatic hydroxyl groups is 2. The van der Waals surface area contributed by atoms with Crippen LogP contribution in [0.2, 0.25) is 0 Å². The van der Waals surface area contributed by atoms with Crippen molar-refractivity contribution in [2.24, 2.45) is 0 Å². The van der Waals surface area contributed by atoms with Crippen molar-refractivity contribution >= 4 is 28.4 Å². The molecule has 1 atom stereocenters. The number of carbonyl (C=O) groups excluding carboxylic acids is 1. The highest BCUT2D eigenvalue weighted by Gasteiger charge is 2.14. The van der Waals surface area contributed by atoms with Gasteiger partial charge in [-0.25, -0.2) is 0 Å². The molecule has 1 fully saturated rings. The molecule has 4 rings (SSSR count). The minimum absolute atomic E-state index is 0.151. The van der Waals surface area contributed by atoms with Gasteiger partial charge in [0, 0.05) is 37.0 Å². The number of furan rings is 1. The summed E-state index contributed by atoms with van der Waals surface area (Å²) < 4.78 is 11.3. The van der Waals surface area contributed by atoms with Crippen LogP contribution in [0.5, 0.6) is 0 Å². The Bertz CT molecular complexity index is 1200. The third-order valence-corrected chi connectivity index (χ3v) is 5.47. The second-order valence-corrected chi connectivity index (χ2v) is 7.76. The van der Waals surface area contributed by atoms with E-state index in [0.29, 0.717) is 11.5 Å². The number of ether oxygens (including phenoxy) is 1. The van der Waals surface area contributed by atoms with Crippen molar-refractivity contribution in [3.8, 4) is 17.4 Å². The van der Waals surface area contributed by atoms with Crippen LogP contribution in [-0.4, -0.2) is 61.7 Å². The number of nitriles is 1. The van der Waals surface area contributed by atoms with E-state index in [1.165, 1.54) is 11.8 Å². The molecule has 2 aromatic carbocycles. The summed E-state index contributed by atoms with van der Waals surface area (Å²) in [4.78, 5) is 14.4. The predicted molar refractivity (Wildman–Crippen MR) is 124 cm³/mol. The summed E-state index contributed by atoms with van der Waals surface area (Å²) in [6.45, 7) is 2.63. The number of hydrogen-bond acceptors (Lipinski definition) is 7. The summed E-state index contributed by atoms with van der Waals surface area (Å²) in [7, 11) is 0. The Morgan fingerprint density at radius 2 is 1.91 bits per heavy atom. The number of fused-ring (bicyclic) bond motifs is 1. The first kappa shape index (κ1) is 22.6. The van der Waals surface area contributed by atoms with Gasteiger partial charge in [-0.1, -0.05) is 18.2 Å². The van der Waals surface area contributed by atoms with Gasteiger partial charge in [0.25, 0.3) is 5.91 Å². The van der Waals surface area contributed by atoms with Gasteiger partial charge in [0.1, 0.15) is 23.2 Å². The molecular formula is C25H25N3O5. The zero-order valence-corrected chi connectivity index (χ0v) is 18.0. The number of rotatable bonds is 7. The van der Waals surface area contributed by atoms with Crippen molar-refractivity contribution in [1.82, 2.24) is 5.32 Å². The van der Waals surface area contributed by atoms with E-state index in [9.17, 15) is 15.2 Å². The van der Waals surface area contributed by atoms with Gasteiger partial charge >= 0.3 is 0 Å². The van der Waals surface area contributed by atoms with Gasteiger partial charge in [0.15, 0.2) is 0 Å². The molecule has 8 heteroatoms. The van der Waals surface area contributed by atoms with E-state index in [2.05, 4.69) is 28.4 Å². The van der Waals surface area contributed by atoms with Crippen LogP contribution < -0.4 is 10.2 Å². The van der Waals surface area contributed by atoms with E-state index in [4.69, 9.17) is 14.3 Å². The third kappa shape index (κ3) is 5.41.